The van der Waals surface area contributed by atoms with Gasteiger partial charge in [-0.2, -0.15) is 14.8 Å². The van der Waals surface area contributed by atoms with E-state index >= 15 is 0 Å². The summed E-state index contributed by atoms with van der Waals surface area (Å²) in [5.74, 6) is 0.852. The molecule has 1 aliphatic heterocycles. The van der Waals surface area contributed by atoms with E-state index in [-0.39, 0.29) is 30.2 Å². The Morgan fingerprint density at radius 1 is 0.600 bits per heavy atom. The van der Waals surface area contributed by atoms with Crippen molar-refractivity contribution in [3.05, 3.63) is 139 Å². The van der Waals surface area contributed by atoms with Gasteiger partial charge in [-0.3, -0.25) is 10.0 Å². The number of hydrogen-bond donors (Lipinski definition) is 0. The molecule has 0 amide bonds. The predicted molar refractivity (Wildman–Crippen MR) is 221 cm³/mol. The minimum absolute atomic E-state index is 0. The zero-order valence-corrected chi connectivity index (χ0v) is 34.3. The molecule has 4 aromatic carbocycles. The summed E-state index contributed by atoms with van der Waals surface area (Å²) < 4.78 is 10.1. The number of pyridine rings is 1. The first-order valence-electron chi connectivity index (χ1n) is 18.6. The number of nitrogens with zero attached hydrogens (tertiary/aromatic N) is 7. The molecule has 0 fully saturated rings. The molecule has 0 saturated heterocycles. The number of ether oxygens (including phenoxy) is 1. The van der Waals surface area contributed by atoms with Gasteiger partial charge in [-0.05, 0) is 87.4 Å². The minimum atomic E-state index is -0.143. The number of para-hydroxylation sites is 2. The van der Waals surface area contributed by atoms with Crippen LogP contribution in [0.2, 0.25) is 0 Å². The van der Waals surface area contributed by atoms with Crippen LogP contribution in [0.3, 0.4) is 0 Å². The van der Waals surface area contributed by atoms with E-state index in [1.54, 1.807) is 7.11 Å². The molecule has 0 aliphatic carbocycles. The lowest BCUT2D eigenvalue weighted by Gasteiger charge is -2.21. The Morgan fingerprint density at radius 3 is 1.76 bits per heavy atom. The van der Waals surface area contributed by atoms with E-state index in [2.05, 4.69) is 144 Å². The number of unbranched alkanes of at least 4 members (excludes halogenated alkanes) is 3. The predicted octanol–water partition coefficient (Wildman–Crippen LogP) is 2.99. The lowest BCUT2D eigenvalue weighted by Crippen LogP contribution is -3.00. The molecule has 8 nitrogen and oxygen atoms in total. The molecule has 6 rings (SSSR count). The van der Waals surface area contributed by atoms with Gasteiger partial charge in [-0.1, -0.05) is 36.4 Å². The van der Waals surface area contributed by atoms with E-state index in [9.17, 15) is 0 Å². The van der Waals surface area contributed by atoms with Gasteiger partial charge in [0.25, 0.3) is 0 Å². The summed E-state index contributed by atoms with van der Waals surface area (Å²) in [5, 5.41) is 13.4. The van der Waals surface area contributed by atoms with Crippen LogP contribution < -0.4 is 49.0 Å². The first-order valence-corrected chi connectivity index (χ1v) is 18.6. The van der Waals surface area contributed by atoms with Crippen molar-refractivity contribution in [2.24, 2.45) is 10.2 Å². The van der Waals surface area contributed by atoms with Gasteiger partial charge >= 0.3 is 0 Å². The van der Waals surface area contributed by atoms with Crippen molar-refractivity contribution >= 4 is 46.6 Å². The number of rotatable bonds is 16. The van der Waals surface area contributed by atoms with E-state index in [1.165, 1.54) is 29.8 Å². The molecule has 1 aromatic heterocycles. The third-order valence-corrected chi connectivity index (χ3v) is 10.2. The number of aryl methyl sites for hydroxylation is 1. The lowest BCUT2D eigenvalue weighted by atomic mass is 9.82. The van der Waals surface area contributed by atoms with Crippen molar-refractivity contribution in [1.82, 2.24) is 0 Å². The summed E-state index contributed by atoms with van der Waals surface area (Å²) in [6.07, 6.45) is 12.9. The molecule has 0 unspecified atom stereocenters. The van der Waals surface area contributed by atoms with Crippen molar-refractivity contribution in [2.45, 2.75) is 51.5 Å². The second-order valence-electron chi connectivity index (χ2n) is 14.1. The second-order valence-corrected chi connectivity index (χ2v) is 14.1. The first-order chi connectivity index (χ1) is 25.7. The highest BCUT2D eigenvalue weighted by Crippen LogP contribution is 2.39. The quantitative estimate of drug-likeness (QED) is 0.0670. The Bertz CT molecular complexity index is 2030. The molecular weight excluding hydrogens is 725 g/mol. The third-order valence-electron chi connectivity index (χ3n) is 10.2. The summed E-state index contributed by atoms with van der Waals surface area (Å²) >= 11 is 0. The van der Waals surface area contributed by atoms with Crippen LogP contribution in [0.25, 0.3) is 0 Å². The maximum Gasteiger partial charge on any atom is 0.212 e. The fourth-order valence-corrected chi connectivity index (χ4v) is 6.85. The molecule has 0 radical (unpaired) electrons. The van der Waals surface area contributed by atoms with Crippen LogP contribution in [0.4, 0.5) is 28.4 Å². The lowest BCUT2D eigenvalue weighted by molar-refractivity contribution is -0.697. The molecule has 0 atom stereocenters. The van der Waals surface area contributed by atoms with Gasteiger partial charge in [-0.25, -0.2) is 4.57 Å². The molecule has 0 N–H and O–H groups in total. The van der Waals surface area contributed by atoms with Crippen LogP contribution >= 0.6 is 0 Å². The average molecular weight is 779 g/mol. The smallest absolute Gasteiger partial charge is 0.212 e. The van der Waals surface area contributed by atoms with Crippen molar-refractivity contribution in [3.63, 3.8) is 0 Å². The highest BCUT2D eigenvalue weighted by Gasteiger charge is 2.44. The number of halogens is 2. The fraction of sp³-hybridized carbons (Fsp3) is 0.289. The fourth-order valence-electron chi connectivity index (χ4n) is 6.85. The van der Waals surface area contributed by atoms with Crippen LogP contribution in [0.1, 0.15) is 50.7 Å². The van der Waals surface area contributed by atoms with Crippen molar-refractivity contribution < 1.29 is 38.7 Å². The van der Waals surface area contributed by atoms with E-state index in [0.29, 0.717) is 0 Å². The minimum Gasteiger partial charge on any atom is -1.00 e. The Kier molecular flexibility index (Phi) is 15.4. The summed E-state index contributed by atoms with van der Waals surface area (Å²) in [4.78, 5) is 2.17. The van der Waals surface area contributed by atoms with Crippen LogP contribution in [0.15, 0.2) is 138 Å². The Balaban J connectivity index is 0.00000336. The number of hydrogen-bond acceptors (Lipinski definition) is 6. The van der Waals surface area contributed by atoms with Gasteiger partial charge in [0, 0.05) is 74.7 Å². The number of benzene rings is 4. The van der Waals surface area contributed by atoms with Gasteiger partial charge in [0.15, 0.2) is 12.4 Å². The van der Waals surface area contributed by atoms with Crippen LogP contribution in [0.5, 0.6) is 5.75 Å². The van der Waals surface area contributed by atoms with Gasteiger partial charge < -0.3 is 34.5 Å². The van der Waals surface area contributed by atoms with Crippen molar-refractivity contribution in [3.8, 4) is 5.75 Å². The number of fused-ring (bicyclic) bond motifs is 1. The normalized spacial score (nSPS) is 13.0. The van der Waals surface area contributed by atoms with Crippen LogP contribution in [0, 0.1) is 0 Å². The standard InChI is InChI=1S/C45H53N7O.2ClH/c1-45(2)42-18-12-13-19-43(42)52(31-15-8-7-14-30-51-32-28-36(29-33-51)34-46-49(4)39-16-10-9-11-17-39)44(45)35-47-50(5)40-22-20-37(21-23-40)48(3)38-24-26-41(53-6)27-25-38;;/h9-13,16-29,32-35H,7-8,14-15,30-31H2,1-6H3;2*1H/q+2;;/p-2. The second kappa shape index (κ2) is 19.9. The molecule has 0 bridgehead atoms. The molecule has 2 heterocycles. The molecule has 0 spiro atoms. The summed E-state index contributed by atoms with van der Waals surface area (Å²) in [6, 6.07) is 39.9. The summed E-state index contributed by atoms with van der Waals surface area (Å²) in [6.45, 7) is 6.60. The largest absolute Gasteiger partial charge is 1.00 e. The van der Waals surface area contributed by atoms with Crippen LogP contribution in [-0.2, 0) is 12.0 Å². The number of anilines is 4. The number of methoxy groups -OCH3 is 1. The van der Waals surface area contributed by atoms with Crippen LogP contribution in [-0.4, -0.2) is 57.5 Å². The van der Waals surface area contributed by atoms with Gasteiger partial charge in [-0.15, -0.1) is 0 Å². The zero-order chi connectivity index (χ0) is 37.2. The number of hydrazone groups is 2. The molecule has 288 valence electrons. The summed E-state index contributed by atoms with van der Waals surface area (Å²) in [7, 11) is 7.75. The van der Waals surface area contributed by atoms with E-state index in [0.717, 1.165) is 60.0 Å². The first kappa shape index (κ1) is 42.6. The van der Waals surface area contributed by atoms with Gasteiger partial charge in [0.2, 0.25) is 11.4 Å². The molecule has 0 saturated carbocycles. The van der Waals surface area contributed by atoms with Crippen molar-refractivity contribution in [2.75, 3.05) is 49.7 Å². The molecule has 10 heteroatoms. The average Bonchev–Trinajstić information content (AvgIpc) is 3.42. The highest BCUT2D eigenvalue weighted by atomic mass is 35.5. The Morgan fingerprint density at radius 2 is 1.13 bits per heavy atom. The van der Waals surface area contributed by atoms with Gasteiger partial charge in [0.1, 0.15) is 25.1 Å². The van der Waals surface area contributed by atoms with E-state index in [1.807, 2.05) is 60.7 Å². The van der Waals surface area contributed by atoms with E-state index in [4.69, 9.17) is 9.84 Å². The SMILES string of the molecule is COc1ccc(N(C)c2ccc(N(C)/N=C/C3=[N+](CCCCCC[n+]4ccc(/C=N/N(C)c5ccccc5)cc4)c4ccccc4C3(C)C)cc2)cc1.[Cl-].[Cl-]. The highest BCUT2D eigenvalue weighted by molar-refractivity contribution is 6.33. The maximum atomic E-state index is 5.32. The van der Waals surface area contributed by atoms with Gasteiger partial charge in [0.05, 0.1) is 30.1 Å². The van der Waals surface area contributed by atoms with E-state index < -0.39 is 0 Å². The molecular formula is C45H53Cl2N7O. The monoisotopic (exact) mass is 777 g/mol. The molecule has 55 heavy (non-hydrogen) atoms. The molecule has 5 aromatic rings. The molecule has 1 aliphatic rings. The maximum absolute atomic E-state index is 5.32. The topological polar surface area (TPSA) is 50.6 Å². The number of aromatic nitrogens is 1. The zero-order valence-electron chi connectivity index (χ0n) is 32.8. The Hall–Kier alpha value is -5.18. The Labute approximate surface area is 339 Å². The van der Waals surface area contributed by atoms with Crippen molar-refractivity contribution in [1.29, 1.82) is 0 Å². The third kappa shape index (κ3) is 10.5. The summed E-state index contributed by atoms with van der Waals surface area (Å²) in [5.41, 5.74) is 9.13.